The van der Waals surface area contributed by atoms with Crippen LogP contribution in [0.15, 0.2) is 73.1 Å². The Morgan fingerprint density at radius 1 is 1.16 bits per heavy atom. The van der Waals surface area contributed by atoms with Crippen molar-refractivity contribution >= 4 is 29.5 Å². The summed E-state index contributed by atoms with van der Waals surface area (Å²) in [7, 11) is 0. The number of piperidine rings is 1. The topological polar surface area (TPSA) is 93.1 Å². The van der Waals surface area contributed by atoms with Gasteiger partial charge in [-0.1, -0.05) is 37.3 Å². The van der Waals surface area contributed by atoms with E-state index in [1.807, 2.05) is 55.6 Å². The zero-order chi connectivity index (χ0) is 22.6. The summed E-state index contributed by atoms with van der Waals surface area (Å²) < 4.78 is 1.74. The minimum absolute atomic E-state index is 0.232. The number of benzene rings is 2. The highest BCUT2D eigenvalue weighted by Crippen LogP contribution is 2.36. The molecule has 1 aliphatic rings. The number of amides is 3. The summed E-state index contributed by atoms with van der Waals surface area (Å²) in [6.07, 6.45) is 8.09. The van der Waals surface area contributed by atoms with Gasteiger partial charge < -0.3 is 5.32 Å². The number of hydrogen-bond acceptors (Lipinski definition) is 4. The molecular formula is C25H24N4O3. The van der Waals surface area contributed by atoms with Crippen molar-refractivity contribution < 1.29 is 14.4 Å². The van der Waals surface area contributed by atoms with Crippen LogP contribution in [-0.4, -0.2) is 27.5 Å². The largest absolute Gasteiger partial charge is 0.323 e. The van der Waals surface area contributed by atoms with Crippen molar-refractivity contribution in [2.75, 3.05) is 5.32 Å². The second-order valence-corrected chi connectivity index (χ2v) is 7.77. The smallest absolute Gasteiger partial charge is 0.248 e. The van der Waals surface area contributed by atoms with E-state index in [2.05, 4.69) is 15.7 Å². The molecule has 1 atom stereocenters. The van der Waals surface area contributed by atoms with Crippen LogP contribution in [0.2, 0.25) is 0 Å². The van der Waals surface area contributed by atoms with Crippen LogP contribution in [-0.2, 0) is 19.8 Å². The number of anilines is 1. The lowest BCUT2D eigenvalue weighted by Crippen LogP contribution is -2.51. The normalized spacial score (nSPS) is 18.5. The van der Waals surface area contributed by atoms with Gasteiger partial charge in [0.15, 0.2) is 0 Å². The Morgan fingerprint density at radius 3 is 2.59 bits per heavy atom. The summed E-state index contributed by atoms with van der Waals surface area (Å²) in [6, 6.07) is 16.9. The van der Waals surface area contributed by atoms with Gasteiger partial charge in [-0.25, -0.2) is 4.68 Å². The quantitative estimate of drug-likeness (QED) is 0.463. The van der Waals surface area contributed by atoms with Crippen LogP contribution in [0, 0.1) is 0 Å². The number of hydrogen-bond donors (Lipinski definition) is 2. The van der Waals surface area contributed by atoms with Crippen molar-refractivity contribution in [3.8, 4) is 5.69 Å². The van der Waals surface area contributed by atoms with Crippen LogP contribution in [0.1, 0.15) is 37.3 Å². The summed E-state index contributed by atoms with van der Waals surface area (Å²) in [6.45, 7) is 1.94. The van der Waals surface area contributed by atoms with Crippen LogP contribution < -0.4 is 10.6 Å². The molecule has 1 fully saturated rings. The first-order valence-electron chi connectivity index (χ1n) is 10.5. The maximum Gasteiger partial charge on any atom is 0.248 e. The van der Waals surface area contributed by atoms with Crippen molar-refractivity contribution in [3.05, 3.63) is 84.2 Å². The van der Waals surface area contributed by atoms with Gasteiger partial charge in [-0.3, -0.25) is 19.7 Å². The number of carbonyl (C=O) groups is 3. The van der Waals surface area contributed by atoms with E-state index in [0.29, 0.717) is 24.9 Å². The van der Waals surface area contributed by atoms with Crippen molar-refractivity contribution in [2.24, 2.45) is 0 Å². The first-order valence-corrected chi connectivity index (χ1v) is 10.5. The maximum absolute atomic E-state index is 12.5. The van der Waals surface area contributed by atoms with E-state index in [0.717, 1.165) is 16.8 Å². The summed E-state index contributed by atoms with van der Waals surface area (Å²) in [5.74, 6) is -0.757. The first kappa shape index (κ1) is 21.2. The van der Waals surface area contributed by atoms with Gasteiger partial charge in [0.25, 0.3) is 0 Å². The molecule has 0 aliphatic carbocycles. The van der Waals surface area contributed by atoms with Crippen molar-refractivity contribution in [1.82, 2.24) is 15.1 Å². The zero-order valence-electron chi connectivity index (χ0n) is 17.7. The maximum atomic E-state index is 12.5. The number of rotatable bonds is 6. The second-order valence-electron chi connectivity index (χ2n) is 7.77. The Kier molecular flexibility index (Phi) is 5.98. The summed E-state index contributed by atoms with van der Waals surface area (Å²) in [4.78, 5) is 36.4. The van der Waals surface area contributed by atoms with Crippen molar-refractivity contribution in [1.29, 1.82) is 0 Å². The monoisotopic (exact) mass is 428 g/mol. The highest BCUT2D eigenvalue weighted by atomic mass is 16.2. The predicted octanol–water partition coefficient (Wildman–Crippen LogP) is 3.61. The molecule has 2 N–H and O–H groups in total. The predicted molar refractivity (Wildman–Crippen MR) is 122 cm³/mol. The minimum Gasteiger partial charge on any atom is -0.323 e. The minimum atomic E-state index is -0.713. The lowest BCUT2D eigenvalue weighted by molar-refractivity contribution is -0.138. The number of aromatic nitrogens is 2. The molecule has 3 aromatic rings. The van der Waals surface area contributed by atoms with Crippen LogP contribution >= 0.6 is 0 Å². The fourth-order valence-electron chi connectivity index (χ4n) is 3.94. The average molecular weight is 428 g/mol. The highest BCUT2D eigenvalue weighted by Gasteiger charge is 2.42. The Balaban J connectivity index is 1.40. The number of nitrogens with one attached hydrogen (secondary N) is 2. The summed E-state index contributed by atoms with van der Waals surface area (Å²) in [5.41, 5.74) is 2.50. The van der Waals surface area contributed by atoms with Gasteiger partial charge in [-0.05, 0) is 48.7 Å². The van der Waals surface area contributed by atoms with E-state index < -0.39 is 5.41 Å². The molecule has 2 aromatic carbocycles. The van der Waals surface area contributed by atoms with Gasteiger partial charge in [0.1, 0.15) is 0 Å². The zero-order valence-corrected chi connectivity index (χ0v) is 17.7. The molecule has 162 valence electrons. The Bertz CT molecular complexity index is 1170. The molecule has 32 heavy (non-hydrogen) atoms. The molecule has 0 spiro atoms. The molecule has 1 unspecified atom stereocenters. The number of imide groups is 1. The third-order valence-electron chi connectivity index (χ3n) is 5.83. The van der Waals surface area contributed by atoms with Gasteiger partial charge in [0.05, 0.1) is 17.3 Å². The lowest BCUT2D eigenvalue weighted by atomic mass is 9.72. The third kappa shape index (κ3) is 4.37. The number of carbonyl (C=O) groups excluding carboxylic acids is 3. The van der Waals surface area contributed by atoms with Gasteiger partial charge in [0.2, 0.25) is 17.7 Å². The molecule has 7 heteroatoms. The summed E-state index contributed by atoms with van der Waals surface area (Å²) in [5, 5.41) is 9.58. The molecule has 0 saturated carbocycles. The molecule has 1 aromatic heterocycles. The summed E-state index contributed by atoms with van der Waals surface area (Å²) >= 11 is 0. The standard InChI is InChI=1S/C25H24N4O3/c1-2-25(15-14-23(31)28-24(25)32)19-9-11-20(12-10-19)27-22(30)13-8-18-16-26-29(17-18)21-6-4-3-5-7-21/h3-13,16-17H,2,14-15H2,1H3,(H,27,30)(H,28,31,32). The van der Waals surface area contributed by atoms with E-state index in [1.54, 1.807) is 29.1 Å². The van der Waals surface area contributed by atoms with Crippen molar-refractivity contribution in [2.45, 2.75) is 31.6 Å². The molecule has 4 rings (SSSR count). The molecule has 3 amide bonds. The van der Waals surface area contributed by atoms with Gasteiger partial charge in [-0.2, -0.15) is 5.10 Å². The molecule has 0 radical (unpaired) electrons. The fraction of sp³-hybridized carbons (Fsp3) is 0.200. The number of para-hydroxylation sites is 1. The molecule has 1 saturated heterocycles. The van der Waals surface area contributed by atoms with Gasteiger partial charge in [-0.15, -0.1) is 0 Å². The SMILES string of the molecule is CCC1(c2ccc(NC(=O)C=Cc3cnn(-c4ccccc4)c3)cc2)CCC(=O)NC1=O. The molecule has 1 aliphatic heterocycles. The van der Waals surface area contributed by atoms with E-state index >= 15 is 0 Å². The second kappa shape index (κ2) is 9.01. The van der Waals surface area contributed by atoms with Crippen LogP contribution in [0.3, 0.4) is 0 Å². The van der Waals surface area contributed by atoms with E-state index in [4.69, 9.17) is 0 Å². The van der Waals surface area contributed by atoms with Crippen LogP contribution in [0.5, 0.6) is 0 Å². The Hall–Kier alpha value is -4.00. The van der Waals surface area contributed by atoms with E-state index in [1.165, 1.54) is 6.08 Å². The van der Waals surface area contributed by atoms with Gasteiger partial charge in [0, 0.05) is 29.9 Å². The first-order chi connectivity index (χ1) is 15.5. The van der Waals surface area contributed by atoms with Crippen LogP contribution in [0.25, 0.3) is 11.8 Å². The van der Waals surface area contributed by atoms with E-state index in [9.17, 15) is 14.4 Å². The Labute approximate surface area is 186 Å². The number of nitrogens with zero attached hydrogens (tertiary/aromatic N) is 2. The molecule has 0 bridgehead atoms. The molecule has 7 nitrogen and oxygen atoms in total. The fourth-order valence-corrected chi connectivity index (χ4v) is 3.94. The average Bonchev–Trinajstić information content (AvgIpc) is 3.29. The van der Waals surface area contributed by atoms with Gasteiger partial charge >= 0.3 is 0 Å². The van der Waals surface area contributed by atoms with Crippen LogP contribution in [0.4, 0.5) is 5.69 Å². The third-order valence-corrected chi connectivity index (χ3v) is 5.83. The van der Waals surface area contributed by atoms with Crippen molar-refractivity contribution in [3.63, 3.8) is 0 Å². The lowest BCUT2D eigenvalue weighted by Gasteiger charge is -2.35. The Morgan fingerprint density at radius 2 is 1.91 bits per heavy atom. The highest BCUT2D eigenvalue weighted by molar-refractivity contribution is 6.04. The van der Waals surface area contributed by atoms with E-state index in [-0.39, 0.29) is 17.7 Å². The molecular weight excluding hydrogens is 404 g/mol. The molecule has 2 heterocycles.